The fourth-order valence-electron chi connectivity index (χ4n) is 2.96. The number of benzene rings is 2. The van der Waals surface area contributed by atoms with Crippen LogP contribution in [0.15, 0.2) is 36.4 Å². The molecule has 0 saturated heterocycles. The first-order valence-electron chi connectivity index (χ1n) is 5.03. The zero-order valence-corrected chi connectivity index (χ0v) is 9.16. The number of fused-ring (bicyclic) bond motifs is 3. The van der Waals surface area contributed by atoms with Gasteiger partial charge in [0, 0.05) is 16.7 Å². The summed E-state index contributed by atoms with van der Waals surface area (Å²) in [6, 6.07) is 13.4. The molecule has 2 unspecified atom stereocenters. The number of alkyl halides is 1. The van der Waals surface area contributed by atoms with Gasteiger partial charge in [-0.1, -0.05) is 52.3 Å². The van der Waals surface area contributed by atoms with Gasteiger partial charge in [-0.3, -0.25) is 0 Å². The Kier molecular flexibility index (Phi) is 1.18. The molecule has 14 heavy (non-hydrogen) atoms. The van der Waals surface area contributed by atoms with Gasteiger partial charge in [0.25, 0.3) is 0 Å². The fraction of sp³-hybridized carbons (Fsp3) is 0.231. The fourth-order valence-corrected chi connectivity index (χ4v) is 4.01. The lowest BCUT2D eigenvalue weighted by molar-refractivity contribution is 1.10. The van der Waals surface area contributed by atoms with E-state index in [0.717, 1.165) is 11.8 Å². The molecule has 0 amide bonds. The molecule has 0 bridgehead atoms. The van der Waals surface area contributed by atoms with Gasteiger partial charge >= 0.3 is 0 Å². The summed E-state index contributed by atoms with van der Waals surface area (Å²) in [5.74, 6) is 1.52. The first-order valence-corrected chi connectivity index (χ1v) is 5.95. The van der Waals surface area contributed by atoms with E-state index < -0.39 is 0 Å². The minimum absolute atomic E-state index is 0.697. The van der Waals surface area contributed by atoms with E-state index in [1.54, 1.807) is 11.1 Å². The second-order valence-corrected chi connectivity index (χ2v) is 5.35. The van der Waals surface area contributed by atoms with Crippen molar-refractivity contribution >= 4 is 26.7 Å². The molecule has 0 N–H and O–H groups in total. The topological polar surface area (TPSA) is 0 Å². The molecule has 2 aromatic rings. The maximum Gasteiger partial charge on any atom is 0.0296 e. The van der Waals surface area contributed by atoms with Crippen molar-refractivity contribution in [2.45, 2.75) is 16.7 Å². The SMILES string of the molecule is BrC1C2c3cccc4cccc(c34)C12. The van der Waals surface area contributed by atoms with Crippen LogP contribution in [0.2, 0.25) is 0 Å². The van der Waals surface area contributed by atoms with Crippen LogP contribution in [-0.4, -0.2) is 4.83 Å². The van der Waals surface area contributed by atoms with Crippen LogP contribution in [-0.2, 0) is 0 Å². The van der Waals surface area contributed by atoms with Gasteiger partial charge in [0.2, 0.25) is 0 Å². The highest BCUT2D eigenvalue weighted by Crippen LogP contribution is 2.66. The average Bonchev–Trinajstić information content (AvgIpc) is 2.74. The Labute approximate surface area is 91.1 Å². The molecule has 0 nitrogen and oxygen atoms in total. The Balaban J connectivity index is 2.19. The van der Waals surface area contributed by atoms with E-state index in [1.807, 2.05) is 0 Å². The first kappa shape index (κ1) is 7.47. The lowest BCUT2D eigenvalue weighted by Crippen LogP contribution is -1.87. The highest BCUT2D eigenvalue weighted by atomic mass is 79.9. The van der Waals surface area contributed by atoms with Gasteiger partial charge < -0.3 is 0 Å². The summed E-state index contributed by atoms with van der Waals surface area (Å²) in [5, 5.41) is 2.94. The molecule has 68 valence electrons. The Hall–Kier alpha value is -0.820. The third-order valence-corrected chi connectivity index (χ3v) is 4.76. The van der Waals surface area contributed by atoms with Crippen LogP contribution in [0.4, 0.5) is 0 Å². The zero-order chi connectivity index (χ0) is 9.28. The number of hydrogen-bond acceptors (Lipinski definition) is 0. The summed E-state index contributed by atoms with van der Waals surface area (Å²) in [4.78, 5) is 0.697. The van der Waals surface area contributed by atoms with Crippen LogP contribution >= 0.6 is 15.9 Å². The molecule has 1 heteroatoms. The summed E-state index contributed by atoms with van der Waals surface area (Å²) in [6.45, 7) is 0. The molecule has 0 aliphatic heterocycles. The Bertz CT molecular complexity index is 499. The van der Waals surface area contributed by atoms with E-state index >= 15 is 0 Å². The molecular formula is C13H9Br. The Morgan fingerprint density at radius 3 is 2.00 bits per heavy atom. The van der Waals surface area contributed by atoms with Crippen LogP contribution in [0.3, 0.4) is 0 Å². The Morgan fingerprint density at radius 2 is 1.43 bits per heavy atom. The highest BCUT2D eigenvalue weighted by Gasteiger charge is 2.55. The van der Waals surface area contributed by atoms with Crippen molar-refractivity contribution in [2.75, 3.05) is 0 Å². The molecule has 0 heterocycles. The van der Waals surface area contributed by atoms with Gasteiger partial charge in [0.15, 0.2) is 0 Å². The zero-order valence-electron chi connectivity index (χ0n) is 7.57. The molecule has 2 aliphatic carbocycles. The van der Waals surface area contributed by atoms with Crippen molar-refractivity contribution in [1.29, 1.82) is 0 Å². The largest absolute Gasteiger partial charge is 0.0877 e. The molecular weight excluding hydrogens is 236 g/mol. The van der Waals surface area contributed by atoms with Gasteiger partial charge in [-0.25, -0.2) is 0 Å². The normalized spacial score (nSPS) is 31.9. The van der Waals surface area contributed by atoms with Crippen molar-refractivity contribution in [3.05, 3.63) is 47.5 Å². The summed E-state index contributed by atoms with van der Waals surface area (Å²) >= 11 is 3.76. The van der Waals surface area contributed by atoms with Crippen LogP contribution in [0.25, 0.3) is 10.8 Å². The van der Waals surface area contributed by atoms with E-state index in [2.05, 4.69) is 52.3 Å². The van der Waals surface area contributed by atoms with Crippen LogP contribution in [0, 0.1) is 0 Å². The van der Waals surface area contributed by atoms with Gasteiger partial charge in [-0.2, -0.15) is 0 Å². The van der Waals surface area contributed by atoms with E-state index in [1.165, 1.54) is 10.8 Å². The Morgan fingerprint density at radius 1 is 0.857 bits per heavy atom. The quantitative estimate of drug-likeness (QED) is 0.619. The van der Waals surface area contributed by atoms with Crippen molar-refractivity contribution < 1.29 is 0 Å². The van der Waals surface area contributed by atoms with E-state index in [-0.39, 0.29) is 0 Å². The lowest BCUT2D eigenvalue weighted by Gasteiger charge is -2.05. The van der Waals surface area contributed by atoms with Gasteiger partial charge in [0.05, 0.1) is 0 Å². The minimum atomic E-state index is 0.697. The molecule has 1 saturated carbocycles. The van der Waals surface area contributed by atoms with E-state index in [9.17, 15) is 0 Å². The monoisotopic (exact) mass is 244 g/mol. The third kappa shape index (κ3) is 0.683. The second-order valence-electron chi connectivity index (χ2n) is 4.29. The van der Waals surface area contributed by atoms with Gasteiger partial charge in [-0.15, -0.1) is 0 Å². The van der Waals surface area contributed by atoms with Crippen LogP contribution < -0.4 is 0 Å². The van der Waals surface area contributed by atoms with E-state index in [0.29, 0.717) is 4.83 Å². The second kappa shape index (κ2) is 2.22. The summed E-state index contributed by atoms with van der Waals surface area (Å²) in [5.41, 5.74) is 3.12. The smallest absolute Gasteiger partial charge is 0.0296 e. The molecule has 2 aliphatic rings. The third-order valence-electron chi connectivity index (χ3n) is 3.62. The lowest BCUT2D eigenvalue weighted by atomic mass is 10.0. The summed E-state index contributed by atoms with van der Waals surface area (Å²) < 4.78 is 0. The summed E-state index contributed by atoms with van der Waals surface area (Å²) in [6.07, 6.45) is 0. The maximum absolute atomic E-state index is 3.76. The van der Waals surface area contributed by atoms with Crippen molar-refractivity contribution in [1.82, 2.24) is 0 Å². The van der Waals surface area contributed by atoms with Crippen molar-refractivity contribution in [2.24, 2.45) is 0 Å². The predicted molar refractivity (Wildman–Crippen MR) is 62.1 cm³/mol. The molecule has 4 rings (SSSR count). The van der Waals surface area contributed by atoms with Crippen LogP contribution in [0.1, 0.15) is 23.0 Å². The molecule has 2 atom stereocenters. The number of halogens is 1. The molecule has 1 fully saturated rings. The first-order chi connectivity index (χ1) is 6.88. The molecule has 0 spiro atoms. The highest BCUT2D eigenvalue weighted by molar-refractivity contribution is 9.09. The summed E-state index contributed by atoms with van der Waals surface area (Å²) in [7, 11) is 0. The average molecular weight is 245 g/mol. The van der Waals surface area contributed by atoms with Gasteiger partial charge in [0.1, 0.15) is 0 Å². The van der Waals surface area contributed by atoms with Crippen LogP contribution in [0.5, 0.6) is 0 Å². The number of rotatable bonds is 0. The minimum Gasteiger partial charge on any atom is -0.0877 e. The predicted octanol–water partition coefficient (Wildman–Crippen LogP) is 3.80. The molecule has 0 radical (unpaired) electrons. The van der Waals surface area contributed by atoms with Gasteiger partial charge in [-0.05, 0) is 21.9 Å². The van der Waals surface area contributed by atoms with Crippen molar-refractivity contribution in [3.8, 4) is 0 Å². The van der Waals surface area contributed by atoms with E-state index in [4.69, 9.17) is 0 Å². The standard InChI is InChI=1S/C13H9Br/c14-13-11-8-5-1-3-7-4-2-6-9(10(7)8)12(11)13/h1-6,11-13H. The van der Waals surface area contributed by atoms with Crippen molar-refractivity contribution in [3.63, 3.8) is 0 Å². The maximum atomic E-state index is 3.76. The number of hydrogen-bond donors (Lipinski definition) is 0. The molecule has 0 aromatic heterocycles. The molecule has 2 aromatic carbocycles.